The fourth-order valence-electron chi connectivity index (χ4n) is 1.76. The zero-order valence-corrected chi connectivity index (χ0v) is 9.40. The molecule has 0 aromatic carbocycles. The monoisotopic (exact) mass is 258 g/mol. The third kappa shape index (κ3) is 2.19. The molecule has 0 saturated carbocycles. The van der Waals surface area contributed by atoms with Gasteiger partial charge in [-0.15, -0.1) is 0 Å². The summed E-state index contributed by atoms with van der Waals surface area (Å²) in [7, 11) is 0. The van der Waals surface area contributed by atoms with Crippen molar-refractivity contribution in [2.45, 2.75) is 6.04 Å². The van der Waals surface area contributed by atoms with Gasteiger partial charge in [-0.3, -0.25) is 4.79 Å². The Hall–Kier alpha value is -1.96. The maximum Gasteiger partial charge on any atom is 0.242 e. The van der Waals surface area contributed by atoms with Crippen molar-refractivity contribution in [2.24, 2.45) is 5.73 Å². The molecule has 1 aromatic heterocycles. The smallest absolute Gasteiger partial charge is 0.242 e. The molecule has 0 spiro atoms. The number of hydrogen-bond acceptors (Lipinski definition) is 5. The third-order valence-electron chi connectivity index (χ3n) is 2.67. The summed E-state index contributed by atoms with van der Waals surface area (Å²) in [6.07, 6.45) is 0. The molecule has 1 unspecified atom stereocenters. The molecular weight excluding hydrogens is 246 g/mol. The van der Waals surface area contributed by atoms with E-state index in [1.54, 1.807) is 0 Å². The van der Waals surface area contributed by atoms with Gasteiger partial charge in [0.15, 0.2) is 23.3 Å². The number of nitrogen functional groups attached to an aromatic ring is 1. The second-order valence-electron chi connectivity index (χ2n) is 3.85. The number of hydrogen-bond donors (Lipinski definition) is 2. The number of carbonyl (C=O) groups excluding carboxylic acids is 1. The lowest BCUT2D eigenvalue weighted by Crippen LogP contribution is -2.53. The summed E-state index contributed by atoms with van der Waals surface area (Å²) in [5.74, 6) is -3.13. The number of rotatable bonds is 2. The topological polar surface area (TPSA) is 94.5 Å². The highest BCUT2D eigenvalue weighted by atomic mass is 19.1. The van der Waals surface area contributed by atoms with Crippen LogP contribution in [0.3, 0.4) is 0 Å². The number of halogens is 2. The van der Waals surface area contributed by atoms with Crippen LogP contribution in [-0.4, -0.2) is 36.7 Å². The Kier molecular flexibility index (Phi) is 3.28. The van der Waals surface area contributed by atoms with Gasteiger partial charge in [-0.05, 0) is 0 Å². The molecule has 1 aliphatic heterocycles. The SMILES string of the molecule is NC(=O)C1COCCN1c1nc(N)c(F)cc1F. The molecule has 2 heterocycles. The van der Waals surface area contributed by atoms with E-state index in [-0.39, 0.29) is 19.0 Å². The molecule has 1 aliphatic rings. The summed E-state index contributed by atoms with van der Waals surface area (Å²) in [6.45, 7) is 0.554. The first-order chi connectivity index (χ1) is 8.50. The van der Waals surface area contributed by atoms with Crippen LogP contribution < -0.4 is 16.4 Å². The van der Waals surface area contributed by atoms with Crippen molar-refractivity contribution >= 4 is 17.5 Å². The van der Waals surface area contributed by atoms with E-state index in [1.165, 1.54) is 4.90 Å². The van der Waals surface area contributed by atoms with Crippen LogP contribution in [0, 0.1) is 11.6 Å². The molecule has 1 atom stereocenters. The van der Waals surface area contributed by atoms with Crippen molar-refractivity contribution in [3.63, 3.8) is 0 Å². The summed E-state index contributed by atoms with van der Waals surface area (Å²) in [4.78, 5) is 16.2. The predicted octanol–water partition coefficient (Wildman–Crippen LogP) is -0.368. The van der Waals surface area contributed by atoms with E-state index in [1.807, 2.05) is 0 Å². The number of aromatic nitrogens is 1. The molecule has 8 heteroatoms. The van der Waals surface area contributed by atoms with E-state index in [0.717, 1.165) is 0 Å². The highest BCUT2D eigenvalue weighted by molar-refractivity contribution is 5.83. The number of nitrogens with two attached hydrogens (primary N) is 2. The molecule has 1 amide bonds. The van der Waals surface area contributed by atoms with Crippen molar-refractivity contribution in [3.8, 4) is 0 Å². The molecule has 0 bridgehead atoms. The second-order valence-corrected chi connectivity index (χ2v) is 3.85. The summed E-state index contributed by atoms with van der Waals surface area (Å²) in [6, 6.07) is -0.212. The van der Waals surface area contributed by atoms with Gasteiger partial charge in [0.25, 0.3) is 0 Å². The number of carbonyl (C=O) groups is 1. The lowest BCUT2D eigenvalue weighted by atomic mass is 10.2. The van der Waals surface area contributed by atoms with Gasteiger partial charge in [0.1, 0.15) is 6.04 Å². The van der Waals surface area contributed by atoms with Gasteiger partial charge in [-0.1, -0.05) is 0 Å². The first-order valence-corrected chi connectivity index (χ1v) is 5.26. The molecule has 2 rings (SSSR count). The predicted molar refractivity (Wildman–Crippen MR) is 59.7 cm³/mol. The maximum atomic E-state index is 13.7. The molecule has 1 fully saturated rings. The zero-order valence-electron chi connectivity index (χ0n) is 9.40. The highest BCUT2D eigenvalue weighted by Gasteiger charge is 2.31. The van der Waals surface area contributed by atoms with Crippen molar-refractivity contribution in [2.75, 3.05) is 30.4 Å². The maximum absolute atomic E-state index is 13.7. The van der Waals surface area contributed by atoms with Crippen LogP contribution in [0.25, 0.3) is 0 Å². The number of anilines is 2. The zero-order chi connectivity index (χ0) is 13.3. The Balaban J connectivity index is 2.39. The molecule has 4 N–H and O–H groups in total. The Morgan fingerprint density at radius 2 is 2.22 bits per heavy atom. The van der Waals surface area contributed by atoms with Crippen molar-refractivity contribution in [3.05, 3.63) is 17.7 Å². The van der Waals surface area contributed by atoms with Crippen LogP contribution in [0.5, 0.6) is 0 Å². The minimum Gasteiger partial charge on any atom is -0.381 e. The lowest BCUT2D eigenvalue weighted by Gasteiger charge is -2.34. The van der Waals surface area contributed by atoms with Gasteiger partial charge in [-0.2, -0.15) is 0 Å². The Bertz CT molecular complexity index is 483. The van der Waals surface area contributed by atoms with E-state index in [9.17, 15) is 13.6 Å². The molecule has 6 nitrogen and oxygen atoms in total. The first-order valence-electron chi connectivity index (χ1n) is 5.26. The Morgan fingerprint density at radius 3 is 2.89 bits per heavy atom. The van der Waals surface area contributed by atoms with E-state index in [4.69, 9.17) is 16.2 Å². The number of ether oxygens (including phenoxy) is 1. The minimum atomic E-state index is -0.944. The van der Waals surface area contributed by atoms with Crippen molar-refractivity contribution in [1.29, 1.82) is 0 Å². The van der Waals surface area contributed by atoms with E-state index in [0.29, 0.717) is 12.7 Å². The lowest BCUT2D eigenvalue weighted by molar-refractivity contribution is -0.121. The Morgan fingerprint density at radius 1 is 1.50 bits per heavy atom. The molecule has 1 aromatic rings. The largest absolute Gasteiger partial charge is 0.381 e. The van der Waals surface area contributed by atoms with Crippen LogP contribution in [0.1, 0.15) is 0 Å². The van der Waals surface area contributed by atoms with Crippen LogP contribution in [0.4, 0.5) is 20.4 Å². The van der Waals surface area contributed by atoms with Crippen LogP contribution in [-0.2, 0) is 9.53 Å². The molecule has 0 aliphatic carbocycles. The van der Waals surface area contributed by atoms with Gasteiger partial charge < -0.3 is 21.1 Å². The van der Waals surface area contributed by atoms with Gasteiger partial charge in [0.2, 0.25) is 5.91 Å². The highest BCUT2D eigenvalue weighted by Crippen LogP contribution is 2.23. The van der Waals surface area contributed by atoms with Crippen LogP contribution in [0.15, 0.2) is 6.07 Å². The number of nitrogens with zero attached hydrogens (tertiary/aromatic N) is 2. The second kappa shape index (κ2) is 4.73. The summed E-state index contributed by atoms with van der Waals surface area (Å²) in [5.41, 5.74) is 10.5. The molecule has 98 valence electrons. The van der Waals surface area contributed by atoms with Crippen LogP contribution >= 0.6 is 0 Å². The van der Waals surface area contributed by atoms with Crippen molar-refractivity contribution < 1.29 is 18.3 Å². The first kappa shape index (κ1) is 12.5. The Labute approximate surface area is 102 Å². The fraction of sp³-hybridized carbons (Fsp3) is 0.400. The fourth-order valence-corrected chi connectivity index (χ4v) is 1.76. The molecule has 1 saturated heterocycles. The number of morpholine rings is 1. The van der Waals surface area contributed by atoms with Gasteiger partial charge in [-0.25, -0.2) is 13.8 Å². The molecular formula is C10H12F2N4O2. The third-order valence-corrected chi connectivity index (χ3v) is 2.67. The quantitative estimate of drug-likeness (QED) is 0.755. The normalized spacial score (nSPS) is 19.9. The van der Waals surface area contributed by atoms with Crippen LogP contribution in [0.2, 0.25) is 0 Å². The van der Waals surface area contributed by atoms with E-state index >= 15 is 0 Å². The number of amides is 1. The summed E-state index contributed by atoms with van der Waals surface area (Å²) in [5, 5.41) is 0. The molecule has 18 heavy (non-hydrogen) atoms. The molecule has 0 radical (unpaired) electrons. The summed E-state index contributed by atoms with van der Waals surface area (Å²) < 4.78 is 31.8. The average Bonchev–Trinajstić information content (AvgIpc) is 2.34. The van der Waals surface area contributed by atoms with Gasteiger partial charge in [0, 0.05) is 12.6 Å². The average molecular weight is 258 g/mol. The summed E-state index contributed by atoms with van der Waals surface area (Å²) >= 11 is 0. The van der Waals surface area contributed by atoms with E-state index < -0.39 is 29.4 Å². The minimum absolute atomic E-state index is 0.0355. The van der Waals surface area contributed by atoms with E-state index in [2.05, 4.69) is 4.98 Å². The standard InChI is InChI=1S/C10H12F2N4O2/c11-5-3-6(12)10(15-8(5)13)16-1-2-18-4-7(16)9(14)17/h3,7H,1-2,4H2,(H2,13,15)(H2,14,17). The van der Waals surface area contributed by atoms with Crippen molar-refractivity contribution in [1.82, 2.24) is 4.98 Å². The number of pyridine rings is 1. The van der Waals surface area contributed by atoms with Gasteiger partial charge >= 0.3 is 0 Å². The number of primary amides is 1. The van der Waals surface area contributed by atoms with Gasteiger partial charge in [0.05, 0.1) is 13.2 Å².